The van der Waals surface area contributed by atoms with Gasteiger partial charge in [-0.05, 0) is 30.2 Å². The topological polar surface area (TPSA) is 23.6 Å². The van der Waals surface area contributed by atoms with Crippen LogP contribution in [0.3, 0.4) is 0 Å². The lowest BCUT2D eigenvalue weighted by molar-refractivity contribution is -0.130. The van der Waals surface area contributed by atoms with Crippen molar-refractivity contribution in [3.8, 4) is 0 Å². The Kier molecular flexibility index (Phi) is 5.01. The largest absolute Gasteiger partial charge is 0.368 e. The number of anilines is 1. The number of halogens is 1. The van der Waals surface area contributed by atoms with Gasteiger partial charge in [0.2, 0.25) is 5.91 Å². The molecule has 0 saturated carbocycles. The van der Waals surface area contributed by atoms with Gasteiger partial charge in [-0.3, -0.25) is 4.79 Å². The molecule has 120 valence electrons. The minimum atomic E-state index is 0.223. The third-order valence-electron chi connectivity index (χ3n) is 4.35. The molecule has 2 aromatic rings. The summed E-state index contributed by atoms with van der Waals surface area (Å²) in [5.74, 6) is 0.223. The van der Waals surface area contributed by atoms with Crippen LogP contribution in [0.5, 0.6) is 0 Å². The minimum absolute atomic E-state index is 0.223. The molecule has 0 aliphatic carbocycles. The molecule has 23 heavy (non-hydrogen) atoms. The molecule has 0 aromatic heterocycles. The van der Waals surface area contributed by atoms with Crippen molar-refractivity contribution in [2.24, 2.45) is 0 Å². The Labute approximate surface area is 146 Å². The average Bonchev–Trinajstić information content (AvgIpc) is 2.58. The first-order valence-electron chi connectivity index (χ1n) is 7.96. The summed E-state index contributed by atoms with van der Waals surface area (Å²) in [5.41, 5.74) is 3.55. The fourth-order valence-electron chi connectivity index (χ4n) is 2.87. The van der Waals surface area contributed by atoms with Gasteiger partial charge in [-0.15, -0.1) is 0 Å². The van der Waals surface area contributed by atoms with Gasteiger partial charge in [-0.1, -0.05) is 52.3 Å². The van der Waals surface area contributed by atoms with E-state index in [1.807, 2.05) is 35.2 Å². The van der Waals surface area contributed by atoms with Crippen LogP contribution in [-0.2, 0) is 11.2 Å². The Morgan fingerprint density at radius 1 is 1.04 bits per heavy atom. The Hall–Kier alpha value is -1.81. The number of carbonyl (C=O) groups is 1. The van der Waals surface area contributed by atoms with Gasteiger partial charge in [0.25, 0.3) is 0 Å². The van der Waals surface area contributed by atoms with Crippen molar-refractivity contribution in [2.45, 2.75) is 13.3 Å². The van der Waals surface area contributed by atoms with Gasteiger partial charge in [0.15, 0.2) is 0 Å². The van der Waals surface area contributed by atoms with Crippen molar-refractivity contribution < 1.29 is 4.79 Å². The van der Waals surface area contributed by atoms with Gasteiger partial charge in [0.1, 0.15) is 0 Å². The maximum absolute atomic E-state index is 12.4. The smallest absolute Gasteiger partial charge is 0.227 e. The minimum Gasteiger partial charge on any atom is -0.368 e. The summed E-state index contributed by atoms with van der Waals surface area (Å²) >= 11 is 3.59. The zero-order valence-electron chi connectivity index (χ0n) is 13.3. The van der Waals surface area contributed by atoms with Crippen molar-refractivity contribution >= 4 is 27.5 Å². The Morgan fingerprint density at radius 2 is 1.74 bits per heavy atom. The highest BCUT2D eigenvalue weighted by Crippen LogP contribution is 2.24. The highest BCUT2D eigenvalue weighted by molar-refractivity contribution is 9.10. The average molecular weight is 373 g/mol. The number of nitrogens with zero attached hydrogens (tertiary/aromatic N) is 2. The van der Waals surface area contributed by atoms with E-state index in [1.165, 1.54) is 11.3 Å². The number of amides is 1. The summed E-state index contributed by atoms with van der Waals surface area (Å²) < 4.78 is 1.14. The van der Waals surface area contributed by atoms with Crippen LogP contribution in [0.1, 0.15) is 11.1 Å². The normalized spacial score (nSPS) is 14.9. The van der Waals surface area contributed by atoms with Crippen LogP contribution in [0.4, 0.5) is 5.69 Å². The van der Waals surface area contributed by atoms with Gasteiger partial charge in [0.05, 0.1) is 6.42 Å². The molecule has 0 bridgehead atoms. The molecular weight excluding hydrogens is 352 g/mol. The first-order chi connectivity index (χ1) is 11.1. The number of carbonyl (C=O) groups excluding carboxylic acids is 1. The van der Waals surface area contributed by atoms with Crippen molar-refractivity contribution in [3.05, 3.63) is 64.1 Å². The maximum atomic E-state index is 12.4. The number of hydrogen-bond acceptors (Lipinski definition) is 2. The molecule has 1 saturated heterocycles. The number of aryl methyl sites for hydroxylation is 1. The lowest BCUT2D eigenvalue weighted by atomic mass is 10.1. The summed E-state index contributed by atoms with van der Waals surface area (Å²) in [6.45, 7) is 5.44. The van der Waals surface area contributed by atoms with E-state index in [2.05, 4.69) is 46.0 Å². The Bertz CT molecular complexity index is 679. The van der Waals surface area contributed by atoms with Crippen molar-refractivity contribution in [3.63, 3.8) is 0 Å². The molecule has 1 heterocycles. The van der Waals surface area contributed by atoms with E-state index in [0.717, 1.165) is 36.2 Å². The van der Waals surface area contributed by atoms with Crippen molar-refractivity contribution in [2.75, 3.05) is 31.1 Å². The maximum Gasteiger partial charge on any atom is 0.227 e. The lowest BCUT2D eigenvalue weighted by Crippen LogP contribution is -2.49. The summed E-state index contributed by atoms with van der Waals surface area (Å²) in [6.07, 6.45) is 0.497. The standard InChI is InChI=1S/C19H21BrN2O/c1-15-7-8-17(14-18(15)20)21-9-11-22(12-10-21)19(23)13-16-5-3-2-4-6-16/h2-8,14H,9-13H2,1H3. The zero-order chi connectivity index (χ0) is 16.2. The van der Waals surface area contributed by atoms with Gasteiger partial charge in [-0.25, -0.2) is 0 Å². The number of rotatable bonds is 3. The van der Waals surface area contributed by atoms with Crippen LogP contribution < -0.4 is 4.90 Å². The van der Waals surface area contributed by atoms with E-state index < -0.39 is 0 Å². The molecule has 2 aromatic carbocycles. The highest BCUT2D eigenvalue weighted by atomic mass is 79.9. The fraction of sp³-hybridized carbons (Fsp3) is 0.316. The van der Waals surface area contributed by atoms with E-state index in [4.69, 9.17) is 0 Å². The zero-order valence-corrected chi connectivity index (χ0v) is 14.9. The molecule has 1 aliphatic heterocycles. The predicted molar refractivity (Wildman–Crippen MR) is 97.8 cm³/mol. The van der Waals surface area contributed by atoms with E-state index in [-0.39, 0.29) is 5.91 Å². The van der Waals surface area contributed by atoms with Crippen LogP contribution in [-0.4, -0.2) is 37.0 Å². The SMILES string of the molecule is Cc1ccc(N2CCN(C(=O)Cc3ccccc3)CC2)cc1Br. The third kappa shape index (κ3) is 3.94. The molecule has 0 spiro atoms. The van der Waals surface area contributed by atoms with E-state index in [0.29, 0.717) is 6.42 Å². The third-order valence-corrected chi connectivity index (χ3v) is 5.21. The number of piperazine rings is 1. The quantitative estimate of drug-likeness (QED) is 0.820. The molecule has 1 fully saturated rings. The van der Waals surface area contributed by atoms with E-state index in [9.17, 15) is 4.79 Å². The van der Waals surface area contributed by atoms with Gasteiger partial charge < -0.3 is 9.80 Å². The lowest BCUT2D eigenvalue weighted by Gasteiger charge is -2.36. The molecule has 1 amide bonds. The van der Waals surface area contributed by atoms with Crippen LogP contribution in [0.2, 0.25) is 0 Å². The molecule has 0 unspecified atom stereocenters. The highest BCUT2D eigenvalue weighted by Gasteiger charge is 2.21. The van der Waals surface area contributed by atoms with Gasteiger partial charge in [0, 0.05) is 36.3 Å². The van der Waals surface area contributed by atoms with Gasteiger partial charge >= 0.3 is 0 Å². The molecular formula is C19H21BrN2O. The first-order valence-corrected chi connectivity index (χ1v) is 8.75. The van der Waals surface area contributed by atoms with E-state index in [1.54, 1.807) is 0 Å². The summed E-state index contributed by atoms with van der Waals surface area (Å²) in [6, 6.07) is 16.4. The molecule has 0 radical (unpaired) electrons. The van der Waals surface area contributed by atoms with Crippen LogP contribution in [0.25, 0.3) is 0 Å². The molecule has 1 aliphatic rings. The summed E-state index contributed by atoms with van der Waals surface area (Å²) in [7, 11) is 0. The monoisotopic (exact) mass is 372 g/mol. The van der Waals surface area contributed by atoms with Gasteiger partial charge in [-0.2, -0.15) is 0 Å². The van der Waals surface area contributed by atoms with E-state index >= 15 is 0 Å². The summed E-state index contributed by atoms with van der Waals surface area (Å²) in [4.78, 5) is 16.7. The molecule has 3 rings (SSSR count). The molecule has 3 nitrogen and oxygen atoms in total. The van der Waals surface area contributed by atoms with Crippen molar-refractivity contribution in [1.29, 1.82) is 0 Å². The fourth-order valence-corrected chi connectivity index (χ4v) is 3.24. The molecule has 0 N–H and O–H groups in total. The molecule has 0 atom stereocenters. The second kappa shape index (κ2) is 7.18. The summed E-state index contributed by atoms with van der Waals surface area (Å²) in [5, 5.41) is 0. The number of benzene rings is 2. The van der Waals surface area contributed by atoms with Crippen LogP contribution >= 0.6 is 15.9 Å². The second-order valence-electron chi connectivity index (χ2n) is 5.96. The second-order valence-corrected chi connectivity index (χ2v) is 6.82. The van der Waals surface area contributed by atoms with Crippen LogP contribution in [0, 0.1) is 6.92 Å². The first kappa shape index (κ1) is 16.1. The molecule has 4 heteroatoms. The Balaban J connectivity index is 1.57. The van der Waals surface area contributed by atoms with Crippen molar-refractivity contribution in [1.82, 2.24) is 4.90 Å². The van der Waals surface area contributed by atoms with Crippen LogP contribution in [0.15, 0.2) is 53.0 Å². The predicted octanol–water partition coefficient (Wildman–Crippen LogP) is 3.65. The number of hydrogen-bond donors (Lipinski definition) is 0. The Morgan fingerprint density at radius 3 is 2.39 bits per heavy atom.